The van der Waals surface area contributed by atoms with Crippen LogP contribution in [-0.2, 0) is 13.0 Å². The van der Waals surface area contributed by atoms with E-state index in [1.54, 1.807) is 18.2 Å². The fourth-order valence-corrected chi connectivity index (χ4v) is 2.50. The molecule has 1 aromatic heterocycles. The molecule has 0 aliphatic carbocycles. The van der Waals surface area contributed by atoms with Crippen LogP contribution in [0.3, 0.4) is 0 Å². The number of nitrogens with zero attached hydrogens (tertiary/aromatic N) is 2. The fourth-order valence-electron chi connectivity index (χ4n) is 2.50. The molecule has 0 fully saturated rings. The van der Waals surface area contributed by atoms with Crippen LogP contribution < -0.4 is 5.32 Å². The molecule has 2 heterocycles. The van der Waals surface area contributed by atoms with Crippen LogP contribution in [0.5, 0.6) is 0 Å². The van der Waals surface area contributed by atoms with E-state index in [2.05, 4.69) is 10.4 Å². The number of benzene rings is 1. The molecule has 0 saturated carbocycles. The lowest BCUT2D eigenvalue weighted by atomic mass is 10.1. The molecule has 5 nitrogen and oxygen atoms in total. The Morgan fingerprint density at radius 2 is 2.32 bits per heavy atom. The standard InChI is InChI=1S/C14H15N3O2/c1-9-12-8-15-6-5-13(12)17(16-9)11-4-2-3-10(7-11)14(18)19/h2-4,7,15H,5-6,8H2,1H3,(H,18,19). The fraction of sp³-hybridized carbons (Fsp3) is 0.286. The van der Waals surface area contributed by atoms with Crippen molar-refractivity contribution in [3.05, 3.63) is 46.8 Å². The molecule has 0 bridgehead atoms. The summed E-state index contributed by atoms with van der Waals surface area (Å²) in [4.78, 5) is 11.0. The average molecular weight is 257 g/mol. The Morgan fingerprint density at radius 1 is 1.47 bits per heavy atom. The van der Waals surface area contributed by atoms with E-state index < -0.39 is 5.97 Å². The molecule has 5 heteroatoms. The van der Waals surface area contributed by atoms with E-state index in [1.807, 2.05) is 17.7 Å². The molecule has 3 rings (SSSR count). The Balaban J connectivity index is 2.12. The van der Waals surface area contributed by atoms with Gasteiger partial charge in [0.1, 0.15) is 0 Å². The SMILES string of the molecule is Cc1nn(-c2cccc(C(=O)O)c2)c2c1CNCC2. The van der Waals surface area contributed by atoms with Gasteiger partial charge in [-0.25, -0.2) is 9.48 Å². The lowest BCUT2D eigenvalue weighted by Gasteiger charge is -2.15. The highest BCUT2D eigenvalue weighted by Gasteiger charge is 2.19. The van der Waals surface area contributed by atoms with E-state index in [4.69, 9.17) is 5.11 Å². The largest absolute Gasteiger partial charge is 0.478 e. The minimum atomic E-state index is -0.915. The Hall–Kier alpha value is -2.14. The van der Waals surface area contributed by atoms with Gasteiger partial charge in [0.25, 0.3) is 0 Å². The highest BCUT2D eigenvalue weighted by molar-refractivity contribution is 5.88. The van der Waals surface area contributed by atoms with Gasteiger partial charge in [-0.1, -0.05) is 6.07 Å². The molecule has 1 aliphatic heterocycles. The van der Waals surface area contributed by atoms with Gasteiger partial charge in [-0.15, -0.1) is 0 Å². The summed E-state index contributed by atoms with van der Waals surface area (Å²) in [6, 6.07) is 6.90. The quantitative estimate of drug-likeness (QED) is 0.856. The van der Waals surface area contributed by atoms with Gasteiger partial charge in [0.2, 0.25) is 0 Å². The maximum Gasteiger partial charge on any atom is 0.335 e. The van der Waals surface area contributed by atoms with E-state index in [-0.39, 0.29) is 5.56 Å². The first-order valence-corrected chi connectivity index (χ1v) is 6.28. The maximum absolute atomic E-state index is 11.0. The number of aryl methyl sites for hydroxylation is 1. The summed E-state index contributed by atoms with van der Waals surface area (Å²) in [7, 11) is 0. The van der Waals surface area contributed by atoms with Crippen LogP contribution in [0.1, 0.15) is 27.3 Å². The summed E-state index contributed by atoms with van der Waals surface area (Å²) in [5.41, 5.74) is 4.51. The van der Waals surface area contributed by atoms with Crippen molar-refractivity contribution < 1.29 is 9.90 Å². The van der Waals surface area contributed by atoms with Gasteiger partial charge in [0.15, 0.2) is 0 Å². The highest BCUT2D eigenvalue weighted by Crippen LogP contribution is 2.22. The van der Waals surface area contributed by atoms with E-state index in [1.165, 1.54) is 11.3 Å². The Kier molecular flexibility index (Phi) is 2.83. The topological polar surface area (TPSA) is 67.2 Å². The summed E-state index contributed by atoms with van der Waals surface area (Å²) in [6.45, 7) is 3.75. The van der Waals surface area contributed by atoms with Crippen molar-refractivity contribution in [2.45, 2.75) is 19.9 Å². The molecular weight excluding hydrogens is 242 g/mol. The van der Waals surface area contributed by atoms with Gasteiger partial charge in [-0.3, -0.25) is 0 Å². The second kappa shape index (κ2) is 4.51. The number of fused-ring (bicyclic) bond motifs is 1. The number of hydrogen-bond donors (Lipinski definition) is 2. The summed E-state index contributed by atoms with van der Waals surface area (Å²) < 4.78 is 1.87. The van der Waals surface area contributed by atoms with Crippen molar-refractivity contribution >= 4 is 5.97 Å². The molecule has 1 aromatic carbocycles. The van der Waals surface area contributed by atoms with Crippen LogP contribution in [0.2, 0.25) is 0 Å². The zero-order valence-electron chi connectivity index (χ0n) is 10.7. The summed E-state index contributed by atoms with van der Waals surface area (Å²) in [5, 5.41) is 16.9. The van der Waals surface area contributed by atoms with Crippen LogP contribution in [-0.4, -0.2) is 27.4 Å². The van der Waals surface area contributed by atoms with E-state index >= 15 is 0 Å². The first-order valence-electron chi connectivity index (χ1n) is 6.28. The first kappa shape index (κ1) is 11.9. The number of rotatable bonds is 2. The van der Waals surface area contributed by atoms with Gasteiger partial charge in [-0.2, -0.15) is 5.10 Å². The van der Waals surface area contributed by atoms with Crippen molar-refractivity contribution in [3.63, 3.8) is 0 Å². The van der Waals surface area contributed by atoms with Crippen molar-refractivity contribution in [1.82, 2.24) is 15.1 Å². The summed E-state index contributed by atoms with van der Waals surface area (Å²) >= 11 is 0. The molecule has 1 aliphatic rings. The Labute approximate surface area is 110 Å². The summed E-state index contributed by atoms with van der Waals surface area (Å²) in [6.07, 6.45) is 0.910. The molecule has 2 N–H and O–H groups in total. The summed E-state index contributed by atoms with van der Waals surface area (Å²) in [5.74, 6) is -0.915. The van der Waals surface area contributed by atoms with Gasteiger partial charge in [-0.05, 0) is 25.1 Å². The molecule has 98 valence electrons. The van der Waals surface area contributed by atoms with Crippen molar-refractivity contribution in [2.75, 3.05) is 6.54 Å². The van der Waals surface area contributed by atoms with Gasteiger partial charge < -0.3 is 10.4 Å². The number of hydrogen-bond acceptors (Lipinski definition) is 3. The monoisotopic (exact) mass is 257 g/mol. The van der Waals surface area contributed by atoms with Crippen LogP contribution in [0.25, 0.3) is 5.69 Å². The molecular formula is C14H15N3O2. The number of aromatic nitrogens is 2. The molecule has 0 radical (unpaired) electrons. The lowest BCUT2D eigenvalue weighted by molar-refractivity contribution is 0.0697. The van der Waals surface area contributed by atoms with Crippen molar-refractivity contribution in [1.29, 1.82) is 0 Å². The highest BCUT2D eigenvalue weighted by atomic mass is 16.4. The molecule has 0 unspecified atom stereocenters. The molecule has 2 aromatic rings. The molecule has 0 amide bonds. The van der Waals surface area contributed by atoms with Crippen molar-refractivity contribution in [2.24, 2.45) is 0 Å². The predicted octanol–water partition coefficient (Wildman–Crippen LogP) is 1.52. The van der Waals surface area contributed by atoms with Gasteiger partial charge in [0, 0.05) is 25.1 Å². The predicted molar refractivity (Wildman–Crippen MR) is 70.7 cm³/mol. The van der Waals surface area contributed by atoms with Gasteiger partial charge in [0.05, 0.1) is 22.6 Å². The number of carboxylic acid groups (broad SMARTS) is 1. The van der Waals surface area contributed by atoms with E-state index in [0.29, 0.717) is 0 Å². The minimum Gasteiger partial charge on any atom is -0.478 e. The maximum atomic E-state index is 11.0. The van der Waals surface area contributed by atoms with Crippen LogP contribution in [0, 0.1) is 6.92 Å². The van der Waals surface area contributed by atoms with Crippen LogP contribution >= 0.6 is 0 Å². The van der Waals surface area contributed by atoms with Crippen LogP contribution in [0.15, 0.2) is 24.3 Å². The zero-order valence-corrected chi connectivity index (χ0v) is 10.7. The van der Waals surface area contributed by atoms with Gasteiger partial charge >= 0.3 is 5.97 Å². The Bertz CT molecular complexity index is 646. The normalized spacial score (nSPS) is 14.2. The van der Waals surface area contributed by atoms with Crippen molar-refractivity contribution in [3.8, 4) is 5.69 Å². The molecule has 0 saturated heterocycles. The van der Waals surface area contributed by atoms with Crippen LogP contribution in [0.4, 0.5) is 0 Å². The number of carboxylic acids is 1. The zero-order chi connectivity index (χ0) is 13.4. The third-order valence-corrected chi connectivity index (χ3v) is 3.47. The van der Waals surface area contributed by atoms with E-state index in [9.17, 15) is 4.79 Å². The third kappa shape index (κ3) is 2.02. The molecule has 19 heavy (non-hydrogen) atoms. The molecule has 0 spiro atoms. The number of aromatic carboxylic acids is 1. The average Bonchev–Trinajstić information content (AvgIpc) is 2.77. The Morgan fingerprint density at radius 3 is 3.11 bits per heavy atom. The molecule has 0 atom stereocenters. The second-order valence-corrected chi connectivity index (χ2v) is 4.70. The second-order valence-electron chi connectivity index (χ2n) is 4.70. The lowest BCUT2D eigenvalue weighted by Crippen LogP contribution is -2.24. The number of nitrogens with one attached hydrogen (secondary N) is 1. The first-order chi connectivity index (χ1) is 9.16. The van der Waals surface area contributed by atoms with E-state index in [0.717, 1.165) is 30.9 Å². The number of carbonyl (C=O) groups is 1. The minimum absolute atomic E-state index is 0.285. The third-order valence-electron chi connectivity index (χ3n) is 3.47. The smallest absolute Gasteiger partial charge is 0.335 e.